The van der Waals surface area contributed by atoms with Gasteiger partial charge in [0.2, 0.25) is 0 Å². The fourth-order valence-electron chi connectivity index (χ4n) is 2.99. The number of hydrogen-bond acceptors (Lipinski definition) is 0. The van der Waals surface area contributed by atoms with Crippen molar-refractivity contribution in [2.24, 2.45) is 0 Å². The number of benzene rings is 3. The van der Waals surface area contributed by atoms with Crippen molar-refractivity contribution in [3.63, 3.8) is 0 Å². The second-order valence-electron chi connectivity index (χ2n) is 6.50. The Bertz CT molecular complexity index is 1010. The van der Waals surface area contributed by atoms with Crippen LogP contribution in [0.3, 0.4) is 0 Å². The van der Waals surface area contributed by atoms with Crippen molar-refractivity contribution in [2.75, 3.05) is 0 Å². The Hall–Kier alpha value is -3.71. The third-order valence-corrected chi connectivity index (χ3v) is 4.42. The molecule has 0 N–H and O–H groups in total. The second kappa shape index (κ2) is 8.79. The highest BCUT2D eigenvalue weighted by Gasteiger charge is 2.13. The Labute approximate surface area is 165 Å². The van der Waals surface area contributed by atoms with Crippen LogP contribution in [0.4, 0.5) is 0 Å². The van der Waals surface area contributed by atoms with E-state index in [0.717, 1.165) is 28.2 Å². The van der Waals surface area contributed by atoms with E-state index in [2.05, 4.69) is 72.8 Å². The van der Waals surface area contributed by atoms with Crippen molar-refractivity contribution in [3.05, 3.63) is 126 Å². The van der Waals surface area contributed by atoms with Gasteiger partial charge in [0, 0.05) is 17.7 Å². The van der Waals surface area contributed by atoms with Gasteiger partial charge in [-0.15, -0.1) is 0 Å². The average Bonchev–Trinajstić information content (AvgIpc) is 2.78. The zero-order valence-corrected chi connectivity index (χ0v) is 15.5. The van der Waals surface area contributed by atoms with Crippen LogP contribution in [0.5, 0.6) is 0 Å². The van der Waals surface area contributed by atoms with Crippen molar-refractivity contribution in [1.29, 1.82) is 0 Å². The lowest BCUT2D eigenvalue weighted by Crippen LogP contribution is -1.83. The van der Waals surface area contributed by atoms with Crippen LogP contribution in [-0.4, -0.2) is 0 Å². The molecule has 4 rings (SSSR count). The van der Waals surface area contributed by atoms with Crippen molar-refractivity contribution >= 4 is 24.3 Å². The first-order valence-corrected chi connectivity index (χ1v) is 9.37. The minimum absolute atomic E-state index is 0.818. The standard InChI is InChI=1S/C27H21O/c1-4-10-22(11-5-1)16-18-26-20-25(24-14-8-3-9-15-24)21-27(28-26)19-17-23-12-6-2-7-13-23/h1-21H/q+1. The fourth-order valence-corrected chi connectivity index (χ4v) is 2.99. The maximum absolute atomic E-state index is 6.11. The molecule has 1 aromatic heterocycles. The van der Waals surface area contributed by atoms with Crippen LogP contribution in [0.15, 0.2) is 108 Å². The van der Waals surface area contributed by atoms with Gasteiger partial charge in [-0.05, 0) is 28.8 Å². The molecule has 4 aromatic rings. The first-order chi connectivity index (χ1) is 13.9. The molecule has 0 radical (unpaired) electrons. The van der Waals surface area contributed by atoms with Gasteiger partial charge in [-0.3, -0.25) is 0 Å². The Morgan fingerprint density at radius 3 is 1.32 bits per heavy atom. The molecular formula is C27H21O+. The summed E-state index contributed by atoms with van der Waals surface area (Å²) in [5, 5.41) is 0. The van der Waals surface area contributed by atoms with Gasteiger partial charge < -0.3 is 0 Å². The average molecular weight is 361 g/mol. The van der Waals surface area contributed by atoms with E-state index in [0.29, 0.717) is 0 Å². The van der Waals surface area contributed by atoms with Crippen molar-refractivity contribution in [2.45, 2.75) is 0 Å². The summed E-state index contributed by atoms with van der Waals surface area (Å²) < 4.78 is 6.11. The van der Waals surface area contributed by atoms with Crippen LogP contribution < -0.4 is 0 Å². The summed E-state index contributed by atoms with van der Waals surface area (Å²) in [7, 11) is 0. The molecule has 28 heavy (non-hydrogen) atoms. The number of rotatable bonds is 5. The van der Waals surface area contributed by atoms with Gasteiger partial charge in [-0.1, -0.05) is 91.0 Å². The zero-order valence-electron chi connectivity index (χ0n) is 15.5. The maximum atomic E-state index is 6.11. The summed E-state index contributed by atoms with van der Waals surface area (Å²) in [5.41, 5.74) is 4.59. The van der Waals surface area contributed by atoms with Crippen LogP contribution in [0, 0.1) is 0 Å². The molecule has 1 heterocycles. The van der Waals surface area contributed by atoms with Crippen LogP contribution in [-0.2, 0) is 0 Å². The summed E-state index contributed by atoms with van der Waals surface area (Å²) in [5.74, 6) is 1.64. The number of hydrogen-bond donors (Lipinski definition) is 0. The first kappa shape index (κ1) is 17.7. The summed E-state index contributed by atoms with van der Waals surface area (Å²) >= 11 is 0. The molecule has 0 saturated carbocycles. The topological polar surface area (TPSA) is 11.3 Å². The minimum Gasteiger partial charge on any atom is -0.208 e. The minimum atomic E-state index is 0.818. The summed E-state index contributed by atoms with van der Waals surface area (Å²) in [4.78, 5) is 0. The van der Waals surface area contributed by atoms with E-state index in [1.54, 1.807) is 0 Å². The van der Waals surface area contributed by atoms with E-state index in [-0.39, 0.29) is 0 Å². The maximum Gasteiger partial charge on any atom is 0.354 e. The van der Waals surface area contributed by atoms with Gasteiger partial charge in [0.25, 0.3) is 0 Å². The van der Waals surface area contributed by atoms with E-state index >= 15 is 0 Å². The van der Waals surface area contributed by atoms with Crippen molar-refractivity contribution < 1.29 is 4.42 Å². The van der Waals surface area contributed by atoms with Gasteiger partial charge in [0.15, 0.2) is 0 Å². The van der Waals surface area contributed by atoms with Crippen LogP contribution in [0.2, 0.25) is 0 Å². The third-order valence-electron chi connectivity index (χ3n) is 4.42. The molecule has 1 heteroatoms. The van der Waals surface area contributed by atoms with Crippen molar-refractivity contribution in [1.82, 2.24) is 0 Å². The molecule has 0 saturated heterocycles. The summed E-state index contributed by atoms with van der Waals surface area (Å²) in [6.45, 7) is 0. The predicted molar refractivity (Wildman–Crippen MR) is 119 cm³/mol. The molecule has 3 aromatic carbocycles. The molecule has 1 nitrogen and oxygen atoms in total. The van der Waals surface area contributed by atoms with Gasteiger partial charge in [-0.2, -0.15) is 0 Å². The van der Waals surface area contributed by atoms with Crippen LogP contribution in [0.1, 0.15) is 22.6 Å². The highest BCUT2D eigenvalue weighted by molar-refractivity contribution is 5.75. The quantitative estimate of drug-likeness (QED) is 0.334. The Morgan fingerprint density at radius 1 is 0.429 bits per heavy atom. The molecule has 0 aliphatic heterocycles. The lowest BCUT2D eigenvalue weighted by atomic mass is 10.0. The van der Waals surface area contributed by atoms with Gasteiger partial charge >= 0.3 is 11.5 Å². The Kier molecular flexibility index (Phi) is 5.55. The predicted octanol–water partition coefficient (Wildman–Crippen LogP) is 7.57. The molecule has 134 valence electrons. The summed E-state index contributed by atoms with van der Waals surface area (Å²) in [6.07, 6.45) is 8.17. The monoisotopic (exact) mass is 361 g/mol. The molecule has 0 fully saturated rings. The van der Waals surface area contributed by atoms with E-state index in [4.69, 9.17) is 4.42 Å². The molecule has 0 spiro atoms. The van der Waals surface area contributed by atoms with E-state index in [9.17, 15) is 0 Å². The van der Waals surface area contributed by atoms with E-state index < -0.39 is 0 Å². The van der Waals surface area contributed by atoms with Crippen molar-refractivity contribution in [3.8, 4) is 11.1 Å². The van der Waals surface area contributed by atoms with E-state index in [1.807, 2.05) is 54.6 Å². The van der Waals surface area contributed by atoms with Gasteiger partial charge in [-0.25, -0.2) is 4.42 Å². The molecule has 0 atom stereocenters. The second-order valence-corrected chi connectivity index (χ2v) is 6.50. The van der Waals surface area contributed by atoms with Crippen LogP contribution >= 0.6 is 0 Å². The lowest BCUT2D eigenvalue weighted by Gasteiger charge is -1.99. The molecule has 0 amide bonds. The van der Waals surface area contributed by atoms with Gasteiger partial charge in [0.05, 0.1) is 12.1 Å². The highest BCUT2D eigenvalue weighted by Crippen LogP contribution is 2.24. The highest BCUT2D eigenvalue weighted by atomic mass is 16.3. The third kappa shape index (κ3) is 4.72. The Balaban J connectivity index is 1.71. The first-order valence-electron chi connectivity index (χ1n) is 9.37. The zero-order chi connectivity index (χ0) is 19.0. The summed E-state index contributed by atoms with van der Waals surface area (Å²) in [6, 6.07) is 35.0. The molecule has 0 bridgehead atoms. The molecule has 0 aliphatic rings. The van der Waals surface area contributed by atoms with Crippen LogP contribution in [0.25, 0.3) is 35.4 Å². The largest absolute Gasteiger partial charge is 0.354 e. The molecule has 0 aliphatic carbocycles. The fraction of sp³-hybridized carbons (Fsp3) is 0. The molecular weight excluding hydrogens is 340 g/mol. The molecule has 0 unspecified atom stereocenters. The normalized spacial score (nSPS) is 11.3. The van der Waals surface area contributed by atoms with Gasteiger partial charge in [0.1, 0.15) is 0 Å². The lowest BCUT2D eigenvalue weighted by molar-refractivity contribution is 0.530. The SMILES string of the molecule is C(=Cc1cc(-c2ccccc2)cc(C=Cc2ccccc2)[o+]1)c1ccccc1. The smallest absolute Gasteiger partial charge is 0.208 e. The van der Waals surface area contributed by atoms with E-state index in [1.165, 1.54) is 5.56 Å². The Morgan fingerprint density at radius 2 is 0.857 bits per heavy atom.